The molecule has 1 aliphatic heterocycles. The monoisotopic (exact) mass is 383 g/mol. The first-order chi connectivity index (χ1) is 12.8. The van der Waals surface area contributed by atoms with Crippen molar-refractivity contribution >= 4 is 5.91 Å². The largest absolute Gasteiger partial charge is 0.458 e. The summed E-state index contributed by atoms with van der Waals surface area (Å²) in [5.41, 5.74) is -0.234. The molecule has 0 unspecified atom stereocenters. The normalized spacial score (nSPS) is 17.6. The number of halogens is 4. The highest BCUT2D eigenvalue weighted by Crippen LogP contribution is 2.29. The van der Waals surface area contributed by atoms with E-state index in [0.29, 0.717) is 31.5 Å². The summed E-state index contributed by atoms with van der Waals surface area (Å²) in [7, 11) is 0. The molecule has 0 N–H and O–H groups in total. The van der Waals surface area contributed by atoms with Gasteiger partial charge >= 0.3 is 12.2 Å². The second-order valence-corrected chi connectivity index (χ2v) is 6.28. The Hall–Kier alpha value is -2.71. The number of hydrogen-bond donors (Lipinski definition) is 0. The van der Waals surface area contributed by atoms with Gasteiger partial charge in [0.05, 0.1) is 30.9 Å². The molecule has 1 fully saturated rings. The predicted molar refractivity (Wildman–Crippen MR) is 87.4 cm³/mol. The quantitative estimate of drug-likeness (QED) is 0.761. The van der Waals surface area contributed by atoms with E-state index in [9.17, 15) is 22.4 Å². The number of piperidine rings is 1. The molecule has 0 aliphatic carbocycles. The summed E-state index contributed by atoms with van der Waals surface area (Å²) in [6.45, 7) is 0.865. The van der Waals surface area contributed by atoms with Gasteiger partial charge in [-0.05, 0) is 30.5 Å². The number of carbonyl (C=O) groups excluding carboxylic acids is 1. The maximum Gasteiger partial charge on any atom is 0.416 e. The second-order valence-electron chi connectivity index (χ2n) is 6.28. The Kier molecular flexibility index (Phi) is 5.57. The molecule has 27 heavy (non-hydrogen) atoms. The highest BCUT2D eigenvalue weighted by molar-refractivity contribution is 5.79. The summed E-state index contributed by atoms with van der Waals surface area (Å²) < 4.78 is 56.2. The van der Waals surface area contributed by atoms with E-state index in [2.05, 4.69) is 9.97 Å². The number of likely N-dealkylation sites (tertiary alicyclic amines) is 1. The molecular weight excluding hydrogens is 366 g/mol. The highest BCUT2D eigenvalue weighted by atomic mass is 19.4. The van der Waals surface area contributed by atoms with Crippen LogP contribution in [-0.4, -0.2) is 40.0 Å². The number of aromatic nitrogens is 2. The predicted octanol–water partition coefficient (Wildman–Crippen LogP) is 3.25. The highest BCUT2D eigenvalue weighted by Gasteiger charge is 2.30. The van der Waals surface area contributed by atoms with Crippen LogP contribution in [0.1, 0.15) is 24.0 Å². The number of amides is 1. The zero-order valence-corrected chi connectivity index (χ0v) is 14.2. The zero-order chi connectivity index (χ0) is 19.4. The van der Waals surface area contributed by atoms with E-state index in [1.165, 1.54) is 12.1 Å². The Morgan fingerprint density at radius 2 is 1.85 bits per heavy atom. The lowest BCUT2D eigenvalue weighted by Crippen LogP contribution is -2.45. The topological polar surface area (TPSA) is 55.3 Å². The maximum atomic E-state index is 12.8. The lowest BCUT2D eigenvalue weighted by molar-refractivity contribution is -0.137. The average Bonchev–Trinajstić information content (AvgIpc) is 2.63. The molecule has 2 heterocycles. The molecule has 0 radical (unpaired) electrons. The van der Waals surface area contributed by atoms with Gasteiger partial charge in [-0.3, -0.25) is 4.79 Å². The van der Waals surface area contributed by atoms with Crippen molar-refractivity contribution < 1.29 is 27.1 Å². The molecule has 0 saturated carbocycles. The summed E-state index contributed by atoms with van der Waals surface area (Å²) in [5.74, 6) is -0.762. The third-order valence-corrected chi connectivity index (χ3v) is 4.24. The van der Waals surface area contributed by atoms with E-state index < -0.39 is 17.6 Å². The van der Waals surface area contributed by atoms with Crippen LogP contribution in [0.4, 0.5) is 17.6 Å². The first-order valence-corrected chi connectivity index (χ1v) is 8.39. The zero-order valence-electron chi connectivity index (χ0n) is 14.2. The van der Waals surface area contributed by atoms with Crippen molar-refractivity contribution in [2.45, 2.75) is 31.5 Å². The molecule has 144 valence electrons. The number of nitrogens with zero attached hydrogens (tertiary/aromatic N) is 3. The number of alkyl halides is 3. The minimum Gasteiger partial charge on any atom is -0.458 e. The van der Waals surface area contributed by atoms with E-state index in [4.69, 9.17) is 4.74 Å². The molecule has 1 saturated heterocycles. The Morgan fingerprint density at radius 1 is 1.19 bits per heavy atom. The molecule has 1 aromatic carbocycles. The second kappa shape index (κ2) is 7.89. The lowest BCUT2D eigenvalue weighted by atomic mass is 10.1. The van der Waals surface area contributed by atoms with Crippen LogP contribution in [0.5, 0.6) is 6.01 Å². The Bertz CT molecular complexity index is 779. The van der Waals surface area contributed by atoms with E-state index >= 15 is 0 Å². The van der Waals surface area contributed by atoms with E-state index in [1.54, 1.807) is 4.90 Å². The first-order valence-electron chi connectivity index (χ1n) is 8.39. The number of carbonyl (C=O) groups is 1. The molecule has 0 spiro atoms. The molecule has 1 atom stereocenters. The van der Waals surface area contributed by atoms with Gasteiger partial charge in [0.2, 0.25) is 5.91 Å². The minimum atomic E-state index is -4.40. The number of benzene rings is 1. The molecular formula is C18H17F4N3O2. The molecule has 3 rings (SSSR count). The van der Waals surface area contributed by atoms with Gasteiger partial charge in [0.25, 0.3) is 0 Å². The molecule has 5 nitrogen and oxygen atoms in total. The fraction of sp³-hybridized carbons (Fsp3) is 0.389. The van der Waals surface area contributed by atoms with Gasteiger partial charge < -0.3 is 9.64 Å². The molecule has 1 aliphatic rings. The third kappa shape index (κ3) is 5.15. The smallest absolute Gasteiger partial charge is 0.416 e. The van der Waals surface area contributed by atoms with Crippen LogP contribution in [0.2, 0.25) is 0 Å². The molecule has 0 bridgehead atoms. The Labute approximate surface area is 153 Å². The maximum absolute atomic E-state index is 12.8. The van der Waals surface area contributed by atoms with Crippen molar-refractivity contribution in [2.24, 2.45) is 0 Å². The standard InChI is InChI=1S/C18H17F4N3O2/c19-14-9-23-17(24-10-14)27-15-2-1-7-25(11-15)16(26)8-12-3-5-13(6-4-12)18(20,21)22/h3-6,9-10,15H,1-2,7-8,11H2/t15-/m0/s1. The minimum absolute atomic E-state index is 0.0118. The fourth-order valence-electron chi connectivity index (χ4n) is 2.87. The van der Waals surface area contributed by atoms with Crippen molar-refractivity contribution in [2.75, 3.05) is 13.1 Å². The first kappa shape index (κ1) is 19.1. The van der Waals surface area contributed by atoms with E-state index in [-0.39, 0.29) is 24.4 Å². The fourth-order valence-corrected chi connectivity index (χ4v) is 2.87. The molecule has 9 heteroatoms. The summed E-state index contributed by atoms with van der Waals surface area (Å²) >= 11 is 0. The summed E-state index contributed by atoms with van der Waals surface area (Å²) in [4.78, 5) is 21.5. The SMILES string of the molecule is O=C(Cc1ccc(C(F)(F)F)cc1)N1CCC[C@H](Oc2ncc(F)cn2)C1. The lowest BCUT2D eigenvalue weighted by Gasteiger charge is -2.32. The number of ether oxygens (including phenoxy) is 1. The third-order valence-electron chi connectivity index (χ3n) is 4.24. The molecule has 1 aromatic heterocycles. The van der Waals surface area contributed by atoms with Crippen LogP contribution in [0.25, 0.3) is 0 Å². The Balaban J connectivity index is 1.57. The van der Waals surface area contributed by atoms with Crippen LogP contribution in [0.15, 0.2) is 36.7 Å². The van der Waals surface area contributed by atoms with Gasteiger partial charge in [0.15, 0.2) is 5.82 Å². The molecule has 1 amide bonds. The molecule has 2 aromatic rings. The summed E-state index contributed by atoms with van der Waals surface area (Å²) in [6, 6.07) is 4.60. The van der Waals surface area contributed by atoms with Crippen LogP contribution in [-0.2, 0) is 17.4 Å². The van der Waals surface area contributed by atoms with Crippen LogP contribution in [0, 0.1) is 5.82 Å². The van der Waals surface area contributed by atoms with Crippen molar-refractivity contribution in [3.63, 3.8) is 0 Å². The average molecular weight is 383 g/mol. The summed E-state index contributed by atoms with van der Waals surface area (Å²) in [5, 5.41) is 0. The van der Waals surface area contributed by atoms with Gasteiger partial charge in [0.1, 0.15) is 6.10 Å². The van der Waals surface area contributed by atoms with Crippen molar-refractivity contribution in [3.05, 3.63) is 53.6 Å². The van der Waals surface area contributed by atoms with Crippen molar-refractivity contribution in [3.8, 4) is 6.01 Å². The van der Waals surface area contributed by atoms with Gasteiger partial charge in [0, 0.05) is 6.54 Å². The van der Waals surface area contributed by atoms with Gasteiger partial charge in [-0.2, -0.15) is 13.2 Å². The van der Waals surface area contributed by atoms with Crippen LogP contribution in [0.3, 0.4) is 0 Å². The number of hydrogen-bond acceptors (Lipinski definition) is 4. The van der Waals surface area contributed by atoms with Gasteiger partial charge in [-0.15, -0.1) is 0 Å². The van der Waals surface area contributed by atoms with Crippen molar-refractivity contribution in [1.82, 2.24) is 14.9 Å². The Morgan fingerprint density at radius 3 is 2.48 bits per heavy atom. The van der Waals surface area contributed by atoms with Crippen LogP contribution >= 0.6 is 0 Å². The van der Waals surface area contributed by atoms with E-state index in [1.807, 2.05) is 0 Å². The number of rotatable bonds is 4. The van der Waals surface area contributed by atoms with Crippen molar-refractivity contribution in [1.29, 1.82) is 0 Å². The summed E-state index contributed by atoms with van der Waals surface area (Å²) in [6.07, 6.45) is -1.30. The van der Waals surface area contributed by atoms with E-state index in [0.717, 1.165) is 24.5 Å². The van der Waals surface area contributed by atoms with Crippen LogP contribution < -0.4 is 4.74 Å². The van der Waals surface area contributed by atoms with Gasteiger partial charge in [-0.1, -0.05) is 12.1 Å². The van der Waals surface area contributed by atoms with Gasteiger partial charge in [-0.25, -0.2) is 14.4 Å².